The Morgan fingerprint density at radius 1 is 1.43 bits per heavy atom. The van der Waals surface area contributed by atoms with Gasteiger partial charge in [-0.15, -0.1) is 0 Å². The number of ether oxygens (including phenoxy) is 1. The van der Waals surface area contributed by atoms with Crippen molar-refractivity contribution in [3.63, 3.8) is 0 Å². The first-order valence-corrected chi connectivity index (χ1v) is 4.95. The topological polar surface area (TPSA) is 29.5 Å². The first-order chi connectivity index (χ1) is 6.63. The Morgan fingerprint density at radius 2 is 2.14 bits per heavy atom. The predicted molar refractivity (Wildman–Crippen MR) is 57.7 cm³/mol. The highest BCUT2D eigenvalue weighted by Crippen LogP contribution is 2.19. The second kappa shape index (κ2) is 5.01. The summed E-state index contributed by atoms with van der Waals surface area (Å²) in [7, 11) is 1.68. The largest absolute Gasteiger partial charge is 0.496 e. The van der Waals surface area contributed by atoms with E-state index in [-0.39, 0.29) is 6.10 Å². The minimum absolute atomic E-state index is 0.225. The molecule has 0 bridgehead atoms. The van der Waals surface area contributed by atoms with Crippen molar-refractivity contribution in [3.8, 4) is 5.75 Å². The zero-order valence-corrected chi connectivity index (χ0v) is 9.08. The Kier molecular flexibility index (Phi) is 3.96. The fourth-order valence-corrected chi connectivity index (χ4v) is 1.47. The Labute approximate surface area is 85.5 Å². The molecule has 1 rings (SSSR count). The van der Waals surface area contributed by atoms with Gasteiger partial charge in [0.25, 0.3) is 0 Å². The van der Waals surface area contributed by atoms with Gasteiger partial charge in [-0.25, -0.2) is 0 Å². The molecule has 1 atom stereocenters. The first kappa shape index (κ1) is 11.1. The summed E-state index contributed by atoms with van der Waals surface area (Å²) in [6.07, 6.45) is 1.51. The quantitative estimate of drug-likeness (QED) is 0.797. The summed E-state index contributed by atoms with van der Waals surface area (Å²) in [6.45, 7) is 3.85. The summed E-state index contributed by atoms with van der Waals surface area (Å²) >= 11 is 0. The molecule has 0 spiro atoms. The molecule has 0 heterocycles. The molecule has 0 fully saturated rings. The van der Waals surface area contributed by atoms with E-state index in [1.165, 1.54) is 5.56 Å². The van der Waals surface area contributed by atoms with Crippen molar-refractivity contribution in [2.24, 2.45) is 0 Å². The van der Waals surface area contributed by atoms with Crippen LogP contribution in [0.15, 0.2) is 18.2 Å². The Bertz CT molecular complexity index is 292. The standard InChI is InChI=1S/C12H18O2/c1-9-8-11(5-4-10(2)13)6-7-12(9)14-3/h6-8,10,13H,4-5H2,1-3H3/t10-/m1/s1. The van der Waals surface area contributed by atoms with Crippen LogP contribution in [-0.4, -0.2) is 18.3 Å². The molecule has 1 N–H and O–H groups in total. The number of aliphatic hydroxyl groups excluding tert-OH is 1. The lowest BCUT2D eigenvalue weighted by Crippen LogP contribution is -2.01. The van der Waals surface area contributed by atoms with Crippen LogP contribution in [0.5, 0.6) is 5.75 Å². The molecule has 14 heavy (non-hydrogen) atoms. The van der Waals surface area contributed by atoms with Crippen LogP contribution in [0.1, 0.15) is 24.5 Å². The van der Waals surface area contributed by atoms with Crippen LogP contribution in [0.3, 0.4) is 0 Å². The third-order valence-electron chi connectivity index (χ3n) is 2.31. The lowest BCUT2D eigenvalue weighted by atomic mass is 10.0. The average molecular weight is 194 g/mol. The summed E-state index contributed by atoms with van der Waals surface area (Å²) in [5, 5.41) is 9.16. The van der Waals surface area contributed by atoms with Gasteiger partial charge >= 0.3 is 0 Å². The molecule has 1 aromatic carbocycles. The summed E-state index contributed by atoms with van der Waals surface area (Å²) in [4.78, 5) is 0. The monoisotopic (exact) mass is 194 g/mol. The highest BCUT2D eigenvalue weighted by atomic mass is 16.5. The molecule has 2 heteroatoms. The Hall–Kier alpha value is -1.02. The molecule has 0 saturated carbocycles. The van der Waals surface area contributed by atoms with Crippen LogP contribution in [0, 0.1) is 6.92 Å². The van der Waals surface area contributed by atoms with Gasteiger partial charge in [0.1, 0.15) is 5.75 Å². The SMILES string of the molecule is COc1ccc(CC[C@@H](C)O)cc1C. The van der Waals surface area contributed by atoms with E-state index in [0.717, 1.165) is 24.2 Å². The molecular formula is C12H18O2. The number of rotatable bonds is 4. The fraction of sp³-hybridized carbons (Fsp3) is 0.500. The molecule has 2 nitrogen and oxygen atoms in total. The van der Waals surface area contributed by atoms with Crippen molar-refractivity contribution >= 4 is 0 Å². The third kappa shape index (κ3) is 3.04. The van der Waals surface area contributed by atoms with Crippen molar-refractivity contribution in [2.45, 2.75) is 32.8 Å². The zero-order valence-electron chi connectivity index (χ0n) is 9.08. The summed E-state index contributed by atoms with van der Waals surface area (Å²) in [5.74, 6) is 0.922. The molecular weight excluding hydrogens is 176 g/mol. The van der Waals surface area contributed by atoms with Gasteiger partial charge in [-0.05, 0) is 43.9 Å². The van der Waals surface area contributed by atoms with Gasteiger partial charge in [-0.3, -0.25) is 0 Å². The van der Waals surface area contributed by atoms with Crippen LogP contribution in [0.2, 0.25) is 0 Å². The molecule has 0 aliphatic heterocycles. The maximum atomic E-state index is 9.16. The number of hydrogen-bond donors (Lipinski definition) is 1. The molecule has 0 aliphatic carbocycles. The highest BCUT2D eigenvalue weighted by molar-refractivity contribution is 5.36. The summed E-state index contributed by atoms with van der Waals surface area (Å²) in [5.41, 5.74) is 2.40. The van der Waals surface area contributed by atoms with E-state index in [1.807, 2.05) is 26.0 Å². The molecule has 0 aromatic heterocycles. The van der Waals surface area contributed by atoms with Crippen molar-refractivity contribution < 1.29 is 9.84 Å². The van der Waals surface area contributed by atoms with Gasteiger partial charge < -0.3 is 9.84 Å². The molecule has 0 unspecified atom stereocenters. The van der Waals surface area contributed by atoms with Gasteiger partial charge in [0.2, 0.25) is 0 Å². The van der Waals surface area contributed by atoms with Gasteiger partial charge in [0.05, 0.1) is 13.2 Å². The number of aliphatic hydroxyl groups is 1. The lowest BCUT2D eigenvalue weighted by molar-refractivity contribution is 0.185. The first-order valence-electron chi connectivity index (χ1n) is 4.95. The van der Waals surface area contributed by atoms with E-state index >= 15 is 0 Å². The maximum absolute atomic E-state index is 9.16. The fourth-order valence-electron chi connectivity index (χ4n) is 1.47. The van der Waals surface area contributed by atoms with Crippen LogP contribution in [-0.2, 0) is 6.42 Å². The molecule has 1 aromatic rings. The minimum atomic E-state index is -0.225. The summed E-state index contributed by atoms with van der Waals surface area (Å²) in [6, 6.07) is 6.14. The van der Waals surface area contributed by atoms with Crippen LogP contribution in [0.25, 0.3) is 0 Å². The number of hydrogen-bond acceptors (Lipinski definition) is 2. The van der Waals surface area contributed by atoms with Crippen LogP contribution >= 0.6 is 0 Å². The lowest BCUT2D eigenvalue weighted by Gasteiger charge is -2.08. The van der Waals surface area contributed by atoms with E-state index in [2.05, 4.69) is 6.07 Å². The molecule has 78 valence electrons. The number of benzene rings is 1. The van der Waals surface area contributed by atoms with E-state index in [1.54, 1.807) is 7.11 Å². The zero-order chi connectivity index (χ0) is 10.6. The smallest absolute Gasteiger partial charge is 0.121 e. The minimum Gasteiger partial charge on any atom is -0.496 e. The second-order valence-electron chi connectivity index (χ2n) is 3.69. The van der Waals surface area contributed by atoms with Crippen molar-refractivity contribution in [2.75, 3.05) is 7.11 Å². The highest BCUT2D eigenvalue weighted by Gasteiger charge is 2.01. The average Bonchev–Trinajstić information content (AvgIpc) is 2.15. The van der Waals surface area contributed by atoms with Gasteiger partial charge in [0.15, 0.2) is 0 Å². The van der Waals surface area contributed by atoms with E-state index < -0.39 is 0 Å². The van der Waals surface area contributed by atoms with E-state index in [9.17, 15) is 0 Å². The Morgan fingerprint density at radius 3 is 2.64 bits per heavy atom. The molecule has 0 aliphatic rings. The van der Waals surface area contributed by atoms with Gasteiger partial charge in [-0.2, -0.15) is 0 Å². The number of methoxy groups -OCH3 is 1. The van der Waals surface area contributed by atoms with E-state index in [4.69, 9.17) is 9.84 Å². The molecule has 0 amide bonds. The molecule has 0 radical (unpaired) electrons. The van der Waals surface area contributed by atoms with E-state index in [0.29, 0.717) is 0 Å². The molecule has 0 saturated heterocycles. The second-order valence-corrected chi connectivity index (χ2v) is 3.69. The van der Waals surface area contributed by atoms with Gasteiger partial charge in [-0.1, -0.05) is 12.1 Å². The van der Waals surface area contributed by atoms with Crippen molar-refractivity contribution in [1.29, 1.82) is 0 Å². The normalized spacial score (nSPS) is 12.6. The third-order valence-corrected chi connectivity index (χ3v) is 2.31. The van der Waals surface area contributed by atoms with Crippen molar-refractivity contribution in [3.05, 3.63) is 29.3 Å². The van der Waals surface area contributed by atoms with Crippen LogP contribution in [0.4, 0.5) is 0 Å². The van der Waals surface area contributed by atoms with Crippen LogP contribution < -0.4 is 4.74 Å². The van der Waals surface area contributed by atoms with Crippen molar-refractivity contribution in [1.82, 2.24) is 0 Å². The maximum Gasteiger partial charge on any atom is 0.121 e. The predicted octanol–water partition coefficient (Wildman–Crippen LogP) is 2.32. The number of aryl methyl sites for hydroxylation is 2. The Balaban J connectivity index is 2.66. The van der Waals surface area contributed by atoms with Gasteiger partial charge in [0, 0.05) is 0 Å². The summed E-state index contributed by atoms with van der Waals surface area (Å²) < 4.78 is 5.18.